The van der Waals surface area contributed by atoms with Gasteiger partial charge in [0.15, 0.2) is 0 Å². The molecule has 16 heavy (non-hydrogen) atoms. The van der Waals surface area contributed by atoms with Gasteiger partial charge in [-0.1, -0.05) is 0 Å². The highest BCUT2D eigenvalue weighted by molar-refractivity contribution is 7.89. The number of hydrogen-bond donors (Lipinski definition) is 4. The molecule has 0 amide bonds. The number of nitrogens with two attached hydrogens (primary N) is 2. The van der Waals surface area contributed by atoms with E-state index < -0.39 is 22.5 Å². The number of aliphatic carboxylic acids is 1. The zero-order valence-electron chi connectivity index (χ0n) is 8.17. The molecule has 0 radical (unpaired) electrons. The Bertz CT molecular complexity index is 512. The Morgan fingerprint density at radius 1 is 1.44 bits per heavy atom. The first kappa shape index (κ1) is 12.3. The summed E-state index contributed by atoms with van der Waals surface area (Å²) in [5, 5.41) is 15.8. The minimum absolute atomic E-state index is 0.110. The minimum atomic E-state index is -3.94. The normalized spacial score (nSPS) is 11.1. The lowest BCUT2D eigenvalue weighted by molar-refractivity contribution is -0.134. The third-order valence-electron chi connectivity index (χ3n) is 1.74. The first-order chi connectivity index (χ1) is 7.30. The zero-order valence-corrected chi connectivity index (χ0v) is 8.99. The van der Waals surface area contributed by atoms with Crippen molar-refractivity contribution in [1.29, 1.82) is 0 Å². The summed E-state index contributed by atoms with van der Waals surface area (Å²) < 4.78 is 22.4. The molecule has 1 rings (SSSR count). The van der Waals surface area contributed by atoms with Crippen LogP contribution in [-0.4, -0.2) is 26.0 Å². The highest BCUT2D eigenvalue weighted by atomic mass is 32.2. The van der Waals surface area contributed by atoms with E-state index >= 15 is 0 Å². The van der Waals surface area contributed by atoms with E-state index in [1.807, 2.05) is 0 Å². The van der Waals surface area contributed by atoms with E-state index in [0.29, 0.717) is 0 Å². The van der Waals surface area contributed by atoms with Crippen molar-refractivity contribution in [1.82, 2.24) is 0 Å². The number of sulfonamides is 1. The van der Waals surface area contributed by atoms with Crippen LogP contribution in [0.1, 0.15) is 0 Å². The van der Waals surface area contributed by atoms with Crippen LogP contribution in [0.5, 0.6) is 0 Å². The fraction of sp³-hybridized carbons (Fsp3) is 0.125. The van der Waals surface area contributed by atoms with Gasteiger partial charge in [-0.3, -0.25) is 4.79 Å². The van der Waals surface area contributed by atoms with Gasteiger partial charge in [0.05, 0.1) is 5.69 Å². The average molecular weight is 245 g/mol. The summed E-state index contributed by atoms with van der Waals surface area (Å²) in [5.74, 6) is -1.11. The van der Waals surface area contributed by atoms with Crippen molar-refractivity contribution in [2.75, 3.05) is 17.6 Å². The third-order valence-corrected chi connectivity index (χ3v) is 2.69. The van der Waals surface area contributed by atoms with Gasteiger partial charge in [-0.2, -0.15) is 0 Å². The smallest absolute Gasteiger partial charge is 0.322 e. The van der Waals surface area contributed by atoms with Crippen LogP contribution in [0.4, 0.5) is 11.4 Å². The molecule has 0 fully saturated rings. The topological polar surface area (TPSA) is 136 Å². The Kier molecular flexibility index (Phi) is 3.35. The molecule has 0 spiro atoms. The van der Waals surface area contributed by atoms with Crippen LogP contribution in [0.15, 0.2) is 23.1 Å². The van der Waals surface area contributed by atoms with E-state index in [-0.39, 0.29) is 16.3 Å². The van der Waals surface area contributed by atoms with Gasteiger partial charge in [-0.05, 0) is 18.2 Å². The van der Waals surface area contributed by atoms with Gasteiger partial charge in [0, 0.05) is 5.69 Å². The Labute approximate surface area is 92.1 Å². The Balaban J connectivity index is 3.13. The molecular formula is C8H11N3O4S. The molecule has 0 saturated carbocycles. The maximum Gasteiger partial charge on any atom is 0.322 e. The molecule has 7 nitrogen and oxygen atoms in total. The second kappa shape index (κ2) is 4.37. The van der Waals surface area contributed by atoms with Gasteiger partial charge in [-0.25, -0.2) is 13.6 Å². The Hall–Kier alpha value is -1.80. The molecule has 1 aromatic rings. The predicted octanol–water partition coefficient (Wildman–Crippen LogP) is -0.587. The first-order valence-corrected chi connectivity index (χ1v) is 5.73. The number of hydrogen-bond acceptors (Lipinski definition) is 5. The van der Waals surface area contributed by atoms with Gasteiger partial charge in [0.1, 0.15) is 11.4 Å². The van der Waals surface area contributed by atoms with Gasteiger partial charge in [0.2, 0.25) is 10.0 Å². The van der Waals surface area contributed by atoms with E-state index in [2.05, 4.69) is 5.32 Å². The second-order valence-corrected chi connectivity index (χ2v) is 4.58. The molecule has 0 aliphatic heterocycles. The van der Waals surface area contributed by atoms with E-state index in [0.717, 1.165) is 0 Å². The van der Waals surface area contributed by atoms with E-state index in [1.54, 1.807) is 0 Å². The van der Waals surface area contributed by atoms with Gasteiger partial charge < -0.3 is 16.2 Å². The number of anilines is 2. The maximum atomic E-state index is 11.2. The highest BCUT2D eigenvalue weighted by Crippen LogP contribution is 2.22. The van der Waals surface area contributed by atoms with Crippen molar-refractivity contribution >= 4 is 27.4 Å². The number of nitrogen functional groups attached to an aromatic ring is 1. The van der Waals surface area contributed by atoms with Gasteiger partial charge in [-0.15, -0.1) is 0 Å². The molecule has 1 aromatic carbocycles. The second-order valence-electron chi connectivity index (χ2n) is 3.05. The highest BCUT2D eigenvalue weighted by Gasteiger charge is 2.14. The Morgan fingerprint density at radius 3 is 2.56 bits per heavy atom. The van der Waals surface area contributed by atoms with Gasteiger partial charge >= 0.3 is 5.97 Å². The number of carboxylic acids is 1. The number of benzene rings is 1. The minimum Gasteiger partial charge on any atom is -0.480 e. The fourth-order valence-electron chi connectivity index (χ4n) is 1.09. The first-order valence-electron chi connectivity index (χ1n) is 4.18. The molecular weight excluding hydrogens is 234 g/mol. The van der Waals surface area contributed by atoms with Crippen LogP contribution in [0.3, 0.4) is 0 Å². The molecule has 0 aliphatic rings. The number of carboxylic acid groups (broad SMARTS) is 1. The van der Waals surface area contributed by atoms with Crippen molar-refractivity contribution in [3.05, 3.63) is 18.2 Å². The van der Waals surface area contributed by atoms with Crippen molar-refractivity contribution in [2.24, 2.45) is 5.14 Å². The summed E-state index contributed by atoms with van der Waals surface area (Å²) in [5.41, 5.74) is 5.75. The number of primary sulfonamides is 1. The number of carbonyl (C=O) groups is 1. The van der Waals surface area contributed by atoms with Crippen LogP contribution in [-0.2, 0) is 14.8 Å². The molecule has 0 aromatic heterocycles. The molecule has 0 heterocycles. The fourth-order valence-corrected chi connectivity index (χ4v) is 1.84. The molecule has 6 N–H and O–H groups in total. The molecule has 0 unspecified atom stereocenters. The molecule has 0 saturated heterocycles. The van der Waals surface area contributed by atoms with Crippen molar-refractivity contribution in [2.45, 2.75) is 4.90 Å². The number of nitrogens with one attached hydrogen (secondary N) is 1. The maximum absolute atomic E-state index is 11.2. The lowest BCUT2D eigenvalue weighted by Crippen LogP contribution is -2.18. The SMILES string of the molecule is Nc1ccc(NCC(=O)O)c(S(N)(=O)=O)c1. The quantitative estimate of drug-likeness (QED) is 0.523. The lowest BCUT2D eigenvalue weighted by atomic mass is 10.3. The summed E-state index contributed by atoms with van der Waals surface area (Å²) in [6, 6.07) is 3.97. The van der Waals surface area contributed by atoms with Crippen LogP contribution < -0.4 is 16.2 Å². The van der Waals surface area contributed by atoms with E-state index in [4.69, 9.17) is 16.0 Å². The van der Waals surface area contributed by atoms with E-state index in [9.17, 15) is 13.2 Å². The average Bonchev–Trinajstić information content (AvgIpc) is 2.14. The predicted molar refractivity (Wildman–Crippen MR) is 58.4 cm³/mol. The van der Waals surface area contributed by atoms with Crippen LogP contribution in [0.25, 0.3) is 0 Å². The lowest BCUT2D eigenvalue weighted by Gasteiger charge is -2.09. The summed E-state index contributed by atoms with van der Waals surface area (Å²) >= 11 is 0. The van der Waals surface area contributed by atoms with Crippen LogP contribution in [0, 0.1) is 0 Å². The molecule has 0 atom stereocenters. The summed E-state index contributed by atoms with van der Waals surface area (Å²) in [6.45, 7) is -0.410. The molecule has 0 bridgehead atoms. The molecule has 88 valence electrons. The molecule has 0 aliphatic carbocycles. The zero-order chi connectivity index (χ0) is 12.3. The summed E-state index contributed by atoms with van der Waals surface area (Å²) in [6.07, 6.45) is 0. The Morgan fingerprint density at radius 2 is 2.06 bits per heavy atom. The monoisotopic (exact) mass is 245 g/mol. The van der Waals surface area contributed by atoms with Crippen molar-refractivity contribution in [3.8, 4) is 0 Å². The van der Waals surface area contributed by atoms with Gasteiger partial charge in [0.25, 0.3) is 0 Å². The number of rotatable bonds is 4. The summed E-state index contributed by atoms with van der Waals surface area (Å²) in [7, 11) is -3.94. The largest absolute Gasteiger partial charge is 0.480 e. The van der Waals surface area contributed by atoms with Crippen LogP contribution >= 0.6 is 0 Å². The van der Waals surface area contributed by atoms with Crippen LogP contribution in [0.2, 0.25) is 0 Å². The third kappa shape index (κ3) is 3.11. The van der Waals surface area contributed by atoms with Crippen molar-refractivity contribution in [3.63, 3.8) is 0 Å². The summed E-state index contributed by atoms with van der Waals surface area (Å²) in [4.78, 5) is 10.1. The standard InChI is InChI=1S/C8H11N3O4S/c9-5-1-2-6(11-4-8(12)13)7(3-5)16(10,14)15/h1-3,11H,4,9H2,(H,12,13)(H2,10,14,15). The van der Waals surface area contributed by atoms with E-state index in [1.165, 1.54) is 18.2 Å². The molecule has 8 heteroatoms. The van der Waals surface area contributed by atoms with Crippen molar-refractivity contribution < 1.29 is 18.3 Å².